The molecule has 3 heteroatoms. The van der Waals surface area contributed by atoms with E-state index in [4.69, 9.17) is 4.74 Å². The summed E-state index contributed by atoms with van der Waals surface area (Å²) in [6.07, 6.45) is 6.06. The highest BCUT2D eigenvalue weighted by Gasteiger charge is 2.41. The Morgan fingerprint density at radius 1 is 1.25 bits per heavy atom. The highest BCUT2D eigenvalue weighted by molar-refractivity contribution is 8.00. The van der Waals surface area contributed by atoms with Crippen LogP contribution in [0.4, 0.5) is 0 Å². The Kier molecular flexibility index (Phi) is 5.79. The van der Waals surface area contributed by atoms with Crippen LogP contribution >= 0.6 is 11.8 Å². The van der Waals surface area contributed by atoms with E-state index in [2.05, 4.69) is 49.7 Å². The molecule has 2 rings (SSSR count). The number of nitrogens with one attached hydrogen (secondary N) is 1. The molecule has 2 nitrogen and oxygen atoms in total. The molecule has 1 aromatic carbocycles. The lowest BCUT2D eigenvalue weighted by Gasteiger charge is -2.13. The molecule has 0 radical (unpaired) electrons. The molecule has 0 spiro atoms. The first-order valence-electron chi connectivity index (χ1n) is 7.61. The predicted octanol–water partition coefficient (Wildman–Crippen LogP) is 4.10. The molecule has 1 aliphatic rings. The molecule has 0 aromatic heterocycles. The van der Waals surface area contributed by atoms with Crippen LogP contribution in [-0.2, 0) is 6.54 Å². The second-order valence-electron chi connectivity index (χ2n) is 6.17. The van der Waals surface area contributed by atoms with Gasteiger partial charge in [-0.2, -0.15) is 11.8 Å². The Labute approximate surface area is 127 Å². The predicted molar refractivity (Wildman–Crippen MR) is 88.6 cm³/mol. The molecular weight excluding hydrogens is 266 g/mol. The smallest absolute Gasteiger partial charge is 0.119 e. The molecule has 0 aliphatic heterocycles. The van der Waals surface area contributed by atoms with E-state index in [1.807, 2.05) is 11.8 Å². The lowest BCUT2D eigenvalue weighted by atomic mass is 10.1. The van der Waals surface area contributed by atoms with Crippen molar-refractivity contribution in [2.45, 2.75) is 44.4 Å². The van der Waals surface area contributed by atoms with Crippen LogP contribution in [0, 0.1) is 5.92 Å². The van der Waals surface area contributed by atoms with E-state index in [1.165, 1.54) is 18.4 Å². The van der Waals surface area contributed by atoms with Gasteiger partial charge in [0.2, 0.25) is 0 Å². The van der Waals surface area contributed by atoms with E-state index in [-0.39, 0.29) is 0 Å². The van der Waals surface area contributed by atoms with Crippen molar-refractivity contribution in [3.05, 3.63) is 29.8 Å². The minimum Gasteiger partial charge on any atom is -0.494 e. The third-order valence-corrected chi connectivity index (χ3v) is 5.32. The Morgan fingerprint density at radius 3 is 2.50 bits per heavy atom. The minimum atomic E-state index is 0.542. The van der Waals surface area contributed by atoms with Crippen LogP contribution in [0.2, 0.25) is 0 Å². The topological polar surface area (TPSA) is 21.3 Å². The Bertz CT molecular complexity index is 398. The minimum absolute atomic E-state index is 0.542. The SMILES string of the molecule is CSC1(CNCc2ccc(OCCC(C)C)cc2)CC1. The third kappa shape index (κ3) is 5.02. The molecule has 0 bridgehead atoms. The molecule has 0 heterocycles. The van der Waals surface area contributed by atoms with Crippen molar-refractivity contribution in [2.75, 3.05) is 19.4 Å². The molecule has 1 fully saturated rings. The molecule has 1 saturated carbocycles. The summed E-state index contributed by atoms with van der Waals surface area (Å²) < 4.78 is 6.28. The standard InChI is InChI=1S/C17H27NOS/c1-14(2)8-11-19-16-6-4-15(5-7-16)12-18-13-17(20-3)9-10-17/h4-7,14,18H,8-13H2,1-3H3. The first-order valence-corrected chi connectivity index (χ1v) is 8.84. The van der Waals surface area contributed by atoms with E-state index in [0.717, 1.165) is 31.9 Å². The highest BCUT2D eigenvalue weighted by atomic mass is 32.2. The molecule has 1 aliphatic carbocycles. The highest BCUT2D eigenvalue weighted by Crippen LogP contribution is 2.46. The van der Waals surface area contributed by atoms with Gasteiger partial charge in [-0.05, 0) is 49.1 Å². The summed E-state index contributed by atoms with van der Waals surface area (Å²) in [7, 11) is 0. The van der Waals surface area contributed by atoms with E-state index in [9.17, 15) is 0 Å². The summed E-state index contributed by atoms with van der Waals surface area (Å²) in [6, 6.07) is 8.49. The van der Waals surface area contributed by atoms with Gasteiger partial charge < -0.3 is 10.1 Å². The average molecular weight is 293 g/mol. The van der Waals surface area contributed by atoms with Crippen LogP contribution in [0.1, 0.15) is 38.7 Å². The zero-order valence-corrected chi connectivity index (χ0v) is 13.8. The molecule has 0 unspecified atom stereocenters. The Morgan fingerprint density at radius 2 is 1.95 bits per heavy atom. The van der Waals surface area contributed by atoms with Crippen LogP contribution in [0.15, 0.2) is 24.3 Å². The maximum atomic E-state index is 5.73. The Hall–Kier alpha value is -0.670. The van der Waals surface area contributed by atoms with Gasteiger partial charge >= 0.3 is 0 Å². The number of rotatable bonds is 9. The van der Waals surface area contributed by atoms with Gasteiger partial charge in [-0.25, -0.2) is 0 Å². The van der Waals surface area contributed by atoms with Gasteiger partial charge in [0.25, 0.3) is 0 Å². The summed E-state index contributed by atoms with van der Waals surface area (Å²) in [4.78, 5) is 0. The number of hydrogen-bond donors (Lipinski definition) is 1. The molecule has 112 valence electrons. The average Bonchev–Trinajstić information content (AvgIpc) is 3.21. The fourth-order valence-electron chi connectivity index (χ4n) is 2.14. The van der Waals surface area contributed by atoms with Crippen molar-refractivity contribution in [3.63, 3.8) is 0 Å². The molecule has 0 amide bonds. The summed E-state index contributed by atoms with van der Waals surface area (Å²) in [6.45, 7) is 7.33. The van der Waals surface area contributed by atoms with Gasteiger partial charge in [0.1, 0.15) is 5.75 Å². The fraction of sp³-hybridized carbons (Fsp3) is 0.647. The Balaban J connectivity index is 1.68. The molecular formula is C17H27NOS. The second kappa shape index (κ2) is 7.37. The largest absolute Gasteiger partial charge is 0.494 e. The number of benzene rings is 1. The quantitative estimate of drug-likeness (QED) is 0.741. The van der Waals surface area contributed by atoms with Crippen LogP contribution in [0.5, 0.6) is 5.75 Å². The molecule has 0 saturated heterocycles. The zero-order valence-electron chi connectivity index (χ0n) is 12.9. The lowest BCUT2D eigenvalue weighted by molar-refractivity contribution is 0.289. The summed E-state index contributed by atoms with van der Waals surface area (Å²) >= 11 is 2.00. The third-order valence-electron chi connectivity index (χ3n) is 3.90. The van der Waals surface area contributed by atoms with Gasteiger partial charge in [-0.3, -0.25) is 0 Å². The van der Waals surface area contributed by atoms with E-state index in [1.54, 1.807) is 0 Å². The van der Waals surface area contributed by atoms with Gasteiger partial charge in [-0.15, -0.1) is 0 Å². The van der Waals surface area contributed by atoms with E-state index >= 15 is 0 Å². The lowest BCUT2D eigenvalue weighted by Crippen LogP contribution is -2.25. The van der Waals surface area contributed by atoms with Gasteiger partial charge in [0.05, 0.1) is 6.61 Å². The van der Waals surface area contributed by atoms with E-state index in [0.29, 0.717) is 10.7 Å². The molecule has 1 N–H and O–H groups in total. The normalized spacial score (nSPS) is 16.4. The van der Waals surface area contributed by atoms with Crippen LogP contribution < -0.4 is 10.1 Å². The fourth-order valence-corrected chi connectivity index (χ4v) is 2.90. The van der Waals surface area contributed by atoms with Crippen molar-refractivity contribution in [2.24, 2.45) is 5.92 Å². The number of ether oxygens (including phenoxy) is 1. The van der Waals surface area contributed by atoms with Crippen LogP contribution in [0.25, 0.3) is 0 Å². The summed E-state index contributed by atoms with van der Waals surface area (Å²) in [5.41, 5.74) is 1.33. The number of hydrogen-bond acceptors (Lipinski definition) is 3. The van der Waals surface area contributed by atoms with Crippen molar-refractivity contribution < 1.29 is 4.74 Å². The van der Waals surface area contributed by atoms with E-state index < -0.39 is 0 Å². The first-order chi connectivity index (χ1) is 9.63. The maximum absolute atomic E-state index is 5.73. The second-order valence-corrected chi connectivity index (χ2v) is 7.44. The molecule has 1 aromatic rings. The van der Waals surface area contributed by atoms with Gasteiger partial charge in [0, 0.05) is 17.8 Å². The summed E-state index contributed by atoms with van der Waals surface area (Å²) in [5, 5.41) is 3.57. The van der Waals surface area contributed by atoms with Crippen LogP contribution in [0.3, 0.4) is 0 Å². The van der Waals surface area contributed by atoms with Gasteiger partial charge in [0.15, 0.2) is 0 Å². The monoisotopic (exact) mass is 293 g/mol. The van der Waals surface area contributed by atoms with Crippen molar-refractivity contribution in [1.29, 1.82) is 0 Å². The molecule has 20 heavy (non-hydrogen) atoms. The number of thioether (sulfide) groups is 1. The maximum Gasteiger partial charge on any atom is 0.119 e. The van der Waals surface area contributed by atoms with Crippen molar-refractivity contribution in [3.8, 4) is 5.75 Å². The van der Waals surface area contributed by atoms with Crippen molar-refractivity contribution in [1.82, 2.24) is 5.32 Å². The first kappa shape index (κ1) is 15.7. The van der Waals surface area contributed by atoms with Crippen molar-refractivity contribution >= 4 is 11.8 Å². The molecule has 0 atom stereocenters. The van der Waals surface area contributed by atoms with Gasteiger partial charge in [-0.1, -0.05) is 26.0 Å². The zero-order chi connectivity index (χ0) is 14.4. The van der Waals surface area contributed by atoms with Crippen LogP contribution in [-0.4, -0.2) is 24.2 Å². The summed E-state index contributed by atoms with van der Waals surface area (Å²) in [5.74, 6) is 1.68.